The van der Waals surface area contributed by atoms with Gasteiger partial charge < -0.3 is 10.4 Å². The molecule has 1 aromatic heterocycles. The highest BCUT2D eigenvalue weighted by Crippen LogP contribution is 2.34. The monoisotopic (exact) mass is 336 g/mol. The van der Waals surface area contributed by atoms with E-state index in [2.05, 4.69) is 10.2 Å². The third-order valence-corrected chi connectivity index (χ3v) is 5.92. The van der Waals surface area contributed by atoms with Crippen LogP contribution in [-0.4, -0.2) is 47.1 Å². The molecule has 6 heteroatoms. The number of carbonyl (C=O) groups excluding carboxylic acids is 1. The molecule has 126 valence electrons. The maximum absolute atomic E-state index is 12.3. The smallest absolute Gasteiger partial charge is 0.317 e. The van der Waals surface area contributed by atoms with Crippen LogP contribution in [0.1, 0.15) is 43.4 Å². The number of carboxylic acid groups (broad SMARTS) is 1. The first-order valence-electron chi connectivity index (χ1n) is 8.32. The lowest BCUT2D eigenvalue weighted by Gasteiger charge is -2.43. The molecule has 1 amide bonds. The molecule has 2 N–H and O–H groups in total. The summed E-state index contributed by atoms with van der Waals surface area (Å²) in [6, 6.07) is 4.44. The molecular formula is C17H24N2O3S. The summed E-state index contributed by atoms with van der Waals surface area (Å²) in [4.78, 5) is 26.5. The lowest BCUT2D eigenvalue weighted by molar-refractivity contribution is -0.140. The van der Waals surface area contributed by atoms with E-state index in [-0.39, 0.29) is 24.4 Å². The topological polar surface area (TPSA) is 69.6 Å². The van der Waals surface area contributed by atoms with Crippen LogP contribution in [0.25, 0.3) is 0 Å². The van der Waals surface area contributed by atoms with Crippen LogP contribution in [0.5, 0.6) is 0 Å². The Hall–Kier alpha value is -1.40. The molecule has 0 saturated heterocycles. The Morgan fingerprint density at radius 2 is 2.17 bits per heavy atom. The average Bonchev–Trinajstić information content (AvgIpc) is 3.10. The van der Waals surface area contributed by atoms with Crippen molar-refractivity contribution in [2.75, 3.05) is 13.1 Å². The van der Waals surface area contributed by atoms with Crippen LogP contribution in [0.2, 0.25) is 0 Å². The van der Waals surface area contributed by atoms with Gasteiger partial charge in [0.15, 0.2) is 0 Å². The number of carboxylic acids is 1. The van der Waals surface area contributed by atoms with E-state index in [1.807, 2.05) is 24.4 Å². The first kappa shape index (κ1) is 16.5. The zero-order valence-corrected chi connectivity index (χ0v) is 14.2. The highest BCUT2D eigenvalue weighted by Gasteiger charge is 2.38. The molecule has 0 radical (unpaired) electrons. The Kier molecular flexibility index (Phi) is 5.02. The molecule has 1 aromatic rings. The van der Waals surface area contributed by atoms with Crippen LogP contribution < -0.4 is 5.32 Å². The van der Waals surface area contributed by atoms with Crippen molar-refractivity contribution in [2.45, 2.75) is 50.6 Å². The molecule has 0 spiro atoms. The maximum atomic E-state index is 12.3. The van der Waals surface area contributed by atoms with E-state index >= 15 is 0 Å². The molecule has 2 aliphatic carbocycles. The van der Waals surface area contributed by atoms with E-state index in [1.165, 1.54) is 12.8 Å². The molecule has 0 aliphatic heterocycles. The molecule has 2 fully saturated rings. The minimum atomic E-state index is -0.760. The second-order valence-corrected chi connectivity index (χ2v) is 7.81. The fourth-order valence-corrected chi connectivity index (χ4v) is 3.93. The normalized spacial score (nSPS) is 25.0. The van der Waals surface area contributed by atoms with E-state index in [4.69, 9.17) is 5.11 Å². The zero-order chi connectivity index (χ0) is 16.4. The van der Waals surface area contributed by atoms with Crippen molar-refractivity contribution in [3.05, 3.63) is 22.4 Å². The van der Waals surface area contributed by atoms with E-state index < -0.39 is 5.97 Å². The van der Waals surface area contributed by atoms with Crippen LogP contribution in [0, 0.1) is 5.92 Å². The Balaban J connectivity index is 1.45. The molecule has 2 aliphatic rings. The fraction of sp³-hybridized carbons (Fsp3) is 0.647. The third kappa shape index (κ3) is 4.32. The molecule has 1 unspecified atom stereocenters. The number of nitrogens with one attached hydrogen (secondary N) is 1. The number of rotatable bonds is 8. The summed E-state index contributed by atoms with van der Waals surface area (Å²) in [5, 5.41) is 14.2. The van der Waals surface area contributed by atoms with Gasteiger partial charge in [-0.25, -0.2) is 0 Å². The summed E-state index contributed by atoms with van der Waals surface area (Å²) < 4.78 is 0. The summed E-state index contributed by atoms with van der Waals surface area (Å²) in [6.07, 6.45) is 4.18. The van der Waals surface area contributed by atoms with Crippen LogP contribution in [-0.2, 0) is 9.59 Å². The second-order valence-electron chi connectivity index (χ2n) is 6.83. The van der Waals surface area contributed by atoms with E-state index in [1.54, 1.807) is 11.3 Å². The van der Waals surface area contributed by atoms with Gasteiger partial charge >= 0.3 is 5.97 Å². The average molecular weight is 336 g/mol. The van der Waals surface area contributed by atoms with Gasteiger partial charge in [-0.15, -0.1) is 11.3 Å². The van der Waals surface area contributed by atoms with Gasteiger partial charge in [-0.2, -0.15) is 0 Å². The first-order chi connectivity index (χ1) is 11.0. The summed E-state index contributed by atoms with van der Waals surface area (Å²) in [5.74, 6) is -0.121. The molecule has 2 saturated carbocycles. The Bertz CT molecular complexity index is 550. The first-order valence-corrected chi connectivity index (χ1v) is 9.20. The molecule has 1 atom stereocenters. The van der Waals surface area contributed by atoms with Gasteiger partial charge in [0.2, 0.25) is 5.91 Å². The largest absolute Gasteiger partial charge is 0.480 e. The highest BCUT2D eigenvalue weighted by atomic mass is 32.1. The SMILES string of the molecule is CC(C(=O)NC1CC(N(CC(=O)O)CC2CC2)C1)c1cccs1. The lowest BCUT2D eigenvalue weighted by Crippen LogP contribution is -2.55. The van der Waals surface area contributed by atoms with Crippen molar-refractivity contribution in [1.29, 1.82) is 0 Å². The van der Waals surface area contributed by atoms with Crippen LogP contribution in [0.15, 0.2) is 17.5 Å². The maximum Gasteiger partial charge on any atom is 0.317 e. The second kappa shape index (κ2) is 7.01. The predicted molar refractivity (Wildman–Crippen MR) is 89.6 cm³/mol. The van der Waals surface area contributed by atoms with Crippen molar-refractivity contribution < 1.29 is 14.7 Å². The van der Waals surface area contributed by atoms with Gasteiger partial charge in [-0.1, -0.05) is 6.07 Å². The van der Waals surface area contributed by atoms with Gasteiger partial charge in [0.05, 0.1) is 12.5 Å². The van der Waals surface area contributed by atoms with Gasteiger partial charge in [-0.3, -0.25) is 14.5 Å². The number of nitrogens with zero attached hydrogens (tertiary/aromatic N) is 1. The lowest BCUT2D eigenvalue weighted by atomic mass is 9.84. The quantitative estimate of drug-likeness (QED) is 0.764. The number of hydrogen-bond donors (Lipinski definition) is 2. The van der Waals surface area contributed by atoms with Gasteiger partial charge in [0.1, 0.15) is 0 Å². The minimum Gasteiger partial charge on any atom is -0.480 e. The summed E-state index contributed by atoms with van der Waals surface area (Å²) in [7, 11) is 0. The molecule has 5 nitrogen and oxygen atoms in total. The van der Waals surface area contributed by atoms with E-state index in [9.17, 15) is 9.59 Å². The fourth-order valence-electron chi connectivity index (χ4n) is 3.15. The minimum absolute atomic E-state index is 0.0721. The van der Waals surface area contributed by atoms with Crippen molar-refractivity contribution >= 4 is 23.2 Å². The van der Waals surface area contributed by atoms with Crippen LogP contribution >= 0.6 is 11.3 Å². The van der Waals surface area contributed by atoms with E-state index in [0.29, 0.717) is 12.0 Å². The molecule has 1 heterocycles. The molecule has 23 heavy (non-hydrogen) atoms. The van der Waals surface area contributed by atoms with Gasteiger partial charge in [-0.05, 0) is 50.0 Å². The van der Waals surface area contributed by atoms with Gasteiger partial charge in [0.25, 0.3) is 0 Å². The van der Waals surface area contributed by atoms with E-state index in [0.717, 1.165) is 24.3 Å². The zero-order valence-electron chi connectivity index (χ0n) is 13.4. The molecule has 0 aromatic carbocycles. The third-order valence-electron chi connectivity index (χ3n) is 4.87. The van der Waals surface area contributed by atoms with Crippen molar-refractivity contribution in [2.24, 2.45) is 5.92 Å². The number of hydrogen-bond acceptors (Lipinski definition) is 4. The standard InChI is InChI=1S/C17H24N2O3S/c1-11(15-3-2-6-23-15)17(22)18-13-7-14(8-13)19(10-16(20)21)9-12-4-5-12/h2-3,6,11-14H,4-5,7-10H2,1H3,(H,18,22)(H,20,21). The van der Waals surface area contributed by atoms with Crippen molar-refractivity contribution in [3.8, 4) is 0 Å². The summed E-state index contributed by atoms with van der Waals surface area (Å²) in [5.41, 5.74) is 0. The van der Waals surface area contributed by atoms with Crippen LogP contribution in [0.4, 0.5) is 0 Å². The number of aliphatic carboxylic acids is 1. The number of amides is 1. The summed E-state index contributed by atoms with van der Waals surface area (Å²) >= 11 is 1.60. The van der Waals surface area contributed by atoms with Crippen molar-refractivity contribution in [3.63, 3.8) is 0 Å². The van der Waals surface area contributed by atoms with Gasteiger partial charge in [0, 0.05) is 23.5 Å². The molecule has 0 bridgehead atoms. The number of thiophene rings is 1. The predicted octanol–water partition coefficient (Wildman–Crippen LogP) is 2.30. The Morgan fingerprint density at radius 3 is 2.74 bits per heavy atom. The summed E-state index contributed by atoms with van der Waals surface area (Å²) in [6.45, 7) is 2.94. The highest BCUT2D eigenvalue weighted by molar-refractivity contribution is 7.10. The Labute approximate surface area is 140 Å². The Morgan fingerprint density at radius 1 is 1.43 bits per heavy atom. The number of carbonyl (C=O) groups is 2. The molecule has 3 rings (SSSR count). The van der Waals surface area contributed by atoms with Crippen LogP contribution in [0.3, 0.4) is 0 Å². The van der Waals surface area contributed by atoms with Crippen molar-refractivity contribution in [1.82, 2.24) is 10.2 Å². The molecular weight excluding hydrogens is 312 g/mol.